The van der Waals surface area contributed by atoms with Crippen molar-refractivity contribution in [1.82, 2.24) is 14.8 Å². The molecule has 1 saturated heterocycles. The van der Waals surface area contributed by atoms with Gasteiger partial charge in [0.05, 0.1) is 11.6 Å². The number of hydrogen-bond acceptors (Lipinski definition) is 5. The third kappa shape index (κ3) is 3.67. The van der Waals surface area contributed by atoms with Gasteiger partial charge in [-0.2, -0.15) is 0 Å². The Hall–Kier alpha value is -3.18. The first-order valence-electron chi connectivity index (χ1n) is 11.4. The number of piperazine rings is 1. The Kier molecular flexibility index (Phi) is 5.22. The summed E-state index contributed by atoms with van der Waals surface area (Å²) in [6.45, 7) is 9.24. The average Bonchev–Trinajstić information content (AvgIpc) is 2.99. The van der Waals surface area contributed by atoms with Crippen molar-refractivity contribution < 1.29 is 4.79 Å². The number of nitrogens with zero attached hydrogens (tertiary/aromatic N) is 4. The van der Waals surface area contributed by atoms with Gasteiger partial charge in [0.1, 0.15) is 5.82 Å². The highest BCUT2D eigenvalue weighted by Crippen LogP contribution is 2.35. The molecule has 1 fully saturated rings. The summed E-state index contributed by atoms with van der Waals surface area (Å²) < 4.78 is 0. The fraction of sp³-hybridized carbons (Fsp3) is 0.333. The van der Waals surface area contributed by atoms with Gasteiger partial charge in [-0.3, -0.25) is 4.79 Å². The molecule has 2 atom stereocenters. The molecule has 0 bridgehead atoms. The van der Waals surface area contributed by atoms with E-state index in [4.69, 9.17) is 4.98 Å². The van der Waals surface area contributed by atoms with Crippen molar-refractivity contribution in [2.24, 2.45) is 0 Å². The lowest BCUT2D eigenvalue weighted by Crippen LogP contribution is -2.50. The predicted molar refractivity (Wildman–Crippen MR) is 130 cm³/mol. The maximum atomic E-state index is 13.4. The molecule has 0 amide bonds. The van der Waals surface area contributed by atoms with Crippen molar-refractivity contribution in [2.75, 3.05) is 31.6 Å². The van der Waals surface area contributed by atoms with Gasteiger partial charge >= 0.3 is 0 Å². The molecule has 0 spiro atoms. The Morgan fingerprint density at radius 3 is 2.72 bits per heavy atom. The zero-order valence-electron chi connectivity index (χ0n) is 19.2. The number of hydrogen-bond donors (Lipinski definition) is 0. The Morgan fingerprint density at radius 2 is 1.91 bits per heavy atom. The lowest BCUT2D eigenvalue weighted by Gasteiger charge is -2.38. The second-order valence-electron chi connectivity index (χ2n) is 9.21. The second-order valence-corrected chi connectivity index (χ2v) is 9.21. The molecule has 0 saturated carbocycles. The minimum atomic E-state index is -0.265. The van der Waals surface area contributed by atoms with E-state index in [0.717, 1.165) is 53.6 Å². The van der Waals surface area contributed by atoms with Gasteiger partial charge in [0, 0.05) is 54.9 Å². The quantitative estimate of drug-likeness (QED) is 0.701. The highest BCUT2D eigenvalue weighted by Gasteiger charge is 2.31. The summed E-state index contributed by atoms with van der Waals surface area (Å²) in [4.78, 5) is 25.2. The molecule has 0 N–H and O–H groups in total. The fourth-order valence-corrected chi connectivity index (χ4v) is 4.68. The predicted octanol–water partition coefficient (Wildman–Crippen LogP) is 4.40. The van der Waals surface area contributed by atoms with Crippen LogP contribution in [0.25, 0.3) is 6.08 Å². The van der Waals surface area contributed by atoms with Crippen LogP contribution in [0.4, 0.5) is 5.82 Å². The molecule has 164 valence electrons. The largest absolute Gasteiger partial charge is 0.354 e. The third-order valence-electron chi connectivity index (χ3n) is 6.88. The second kappa shape index (κ2) is 8.06. The monoisotopic (exact) mass is 426 g/mol. The summed E-state index contributed by atoms with van der Waals surface area (Å²) in [5.74, 6) is 0.836. The van der Waals surface area contributed by atoms with Crippen LogP contribution in [0, 0.1) is 0 Å². The third-order valence-corrected chi connectivity index (χ3v) is 6.88. The van der Waals surface area contributed by atoms with E-state index in [1.165, 1.54) is 5.57 Å². The SMILES string of the molecule is CC1=CN2C=C(C3=Cc4ccc(N5CCN(C)[C@H](C)C5)nc4C(C)C3=O)C=CC=C2C=C1. The maximum absolute atomic E-state index is 13.4. The number of allylic oxidation sites excluding steroid dienone is 8. The smallest absolute Gasteiger partial charge is 0.172 e. The van der Waals surface area contributed by atoms with Crippen LogP contribution in [-0.4, -0.2) is 53.3 Å². The first kappa shape index (κ1) is 20.7. The molecule has 4 heterocycles. The van der Waals surface area contributed by atoms with E-state index in [1.54, 1.807) is 0 Å². The number of carbonyl (C=O) groups excluding carboxylic acids is 1. The van der Waals surface area contributed by atoms with Gasteiger partial charge in [-0.25, -0.2) is 4.98 Å². The molecular formula is C27H30N4O. The molecule has 1 aromatic rings. The van der Waals surface area contributed by atoms with E-state index in [1.807, 2.05) is 25.2 Å². The Labute approximate surface area is 190 Å². The molecule has 1 aliphatic carbocycles. The van der Waals surface area contributed by atoms with Crippen LogP contribution < -0.4 is 4.90 Å². The van der Waals surface area contributed by atoms with Crippen molar-refractivity contribution in [1.29, 1.82) is 0 Å². The summed E-state index contributed by atoms with van der Waals surface area (Å²) in [5.41, 5.74) is 5.87. The van der Waals surface area contributed by atoms with E-state index in [-0.39, 0.29) is 11.7 Å². The highest BCUT2D eigenvalue weighted by atomic mass is 16.1. The molecule has 0 radical (unpaired) electrons. The van der Waals surface area contributed by atoms with E-state index in [9.17, 15) is 4.79 Å². The molecule has 1 unspecified atom stereocenters. The number of ketones is 1. The van der Waals surface area contributed by atoms with E-state index in [2.05, 4.69) is 78.4 Å². The van der Waals surface area contributed by atoms with Gasteiger partial charge in [0.2, 0.25) is 0 Å². The van der Waals surface area contributed by atoms with Crippen molar-refractivity contribution in [3.63, 3.8) is 0 Å². The van der Waals surface area contributed by atoms with E-state index in [0.29, 0.717) is 6.04 Å². The van der Waals surface area contributed by atoms with Crippen LogP contribution in [0.1, 0.15) is 37.9 Å². The molecule has 4 aliphatic rings. The van der Waals surface area contributed by atoms with Crippen LogP contribution in [0.2, 0.25) is 0 Å². The molecule has 32 heavy (non-hydrogen) atoms. The van der Waals surface area contributed by atoms with Gasteiger partial charge in [0.25, 0.3) is 0 Å². The Morgan fingerprint density at radius 1 is 1.06 bits per heavy atom. The van der Waals surface area contributed by atoms with Gasteiger partial charge in [-0.1, -0.05) is 18.2 Å². The zero-order chi connectivity index (χ0) is 22.4. The maximum Gasteiger partial charge on any atom is 0.172 e. The lowest BCUT2D eigenvalue weighted by molar-refractivity contribution is -0.116. The topological polar surface area (TPSA) is 39.7 Å². The van der Waals surface area contributed by atoms with E-state index >= 15 is 0 Å². The van der Waals surface area contributed by atoms with Crippen LogP contribution in [0.5, 0.6) is 0 Å². The number of anilines is 1. The molecular weight excluding hydrogens is 396 g/mol. The standard InChI is InChI=1S/C27H30N4O/c1-18-8-10-23-7-5-6-22(17-31(23)15-18)24-14-21-9-11-25(28-26(21)20(3)27(24)32)30-13-12-29(4)19(2)16-30/h5-11,14-15,17,19-20H,12-13,16H2,1-4H3/t19-,20?/m1/s1. The minimum absolute atomic E-state index is 0.126. The number of fused-ring (bicyclic) bond motifs is 2. The van der Waals surface area contributed by atoms with Crippen molar-refractivity contribution in [2.45, 2.75) is 32.7 Å². The number of carbonyl (C=O) groups is 1. The molecule has 3 aliphatic heterocycles. The molecule has 1 aromatic heterocycles. The van der Waals surface area contributed by atoms with Crippen LogP contribution >= 0.6 is 0 Å². The highest BCUT2D eigenvalue weighted by molar-refractivity contribution is 6.10. The van der Waals surface area contributed by atoms with Crippen molar-refractivity contribution >= 4 is 17.7 Å². The molecule has 0 aromatic carbocycles. The number of Topliss-reactive ketones (excluding diaryl/α,β-unsaturated/α-hetero) is 1. The first-order chi connectivity index (χ1) is 15.4. The summed E-state index contributed by atoms with van der Waals surface area (Å²) in [7, 11) is 2.17. The summed E-state index contributed by atoms with van der Waals surface area (Å²) in [6, 6.07) is 4.72. The van der Waals surface area contributed by atoms with Gasteiger partial charge in [0.15, 0.2) is 5.78 Å². The van der Waals surface area contributed by atoms with Crippen LogP contribution in [0.15, 0.2) is 77.3 Å². The lowest BCUT2D eigenvalue weighted by atomic mass is 9.83. The summed E-state index contributed by atoms with van der Waals surface area (Å²) in [6.07, 6.45) is 16.5. The average molecular weight is 427 g/mol. The Bertz CT molecular complexity index is 1150. The molecule has 5 rings (SSSR count). The van der Waals surface area contributed by atoms with Crippen molar-refractivity contribution in [3.05, 3.63) is 88.6 Å². The fourth-order valence-electron chi connectivity index (χ4n) is 4.68. The number of aromatic nitrogens is 1. The Balaban J connectivity index is 1.48. The molecule has 5 heteroatoms. The number of likely N-dealkylation sites (N-methyl/N-ethyl adjacent to an activating group) is 1. The molecule has 5 nitrogen and oxygen atoms in total. The number of pyridine rings is 1. The summed E-state index contributed by atoms with van der Waals surface area (Å²) in [5, 5.41) is 0. The van der Waals surface area contributed by atoms with Gasteiger partial charge in [-0.05, 0) is 69.3 Å². The minimum Gasteiger partial charge on any atom is -0.354 e. The first-order valence-corrected chi connectivity index (χ1v) is 11.4. The van der Waals surface area contributed by atoms with Gasteiger partial charge < -0.3 is 14.7 Å². The van der Waals surface area contributed by atoms with Crippen molar-refractivity contribution in [3.8, 4) is 0 Å². The number of rotatable bonds is 2. The normalized spacial score (nSPS) is 25.4. The van der Waals surface area contributed by atoms with Crippen LogP contribution in [-0.2, 0) is 4.79 Å². The van der Waals surface area contributed by atoms with E-state index < -0.39 is 0 Å². The van der Waals surface area contributed by atoms with Gasteiger partial charge in [-0.15, -0.1) is 0 Å². The zero-order valence-corrected chi connectivity index (χ0v) is 19.2. The summed E-state index contributed by atoms with van der Waals surface area (Å²) >= 11 is 0. The van der Waals surface area contributed by atoms with Crippen LogP contribution in [0.3, 0.4) is 0 Å².